The molecule has 0 fully saturated rings. The Bertz CT molecular complexity index is 901. The summed E-state index contributed by atoms with van der Waals surface area (Å²) in [7, 11) is 2.00. The summed E-state index contributed by atoms with van der Waals surface area (Å²) in [6, 6.07) is 13.5. The summed E-state index contributed by atoms with van der Waals surface area (Å²) < 4.78 is 11.8. The van der Waals surface area contributed by atoms with Crippen LogP contribution < -0.4 is 14.4 Å². The number of aromatic nitrogens is 3. The van der Waals surface area contributed by atoms with Crippen LogP contribution in [0.1, 0.15) is 5.69 Å². The Labute approximate surface area is 152 Å². The molecule has 0 saturated heterocycles. The number of likely N-dealkylation sites (N-methyl/N-ethyl adjacent to an activating group) is 1. The van der Waals surface area contributed by atoms with Crippen LogP contribution in [0.15, 0.2) is 54.9 Å². The monoisotopic (exact) mass is 348 g/mol. The van der Waals surface area contributed by atoms with Crippen molar-refractivity contribution in [2.24, 2.45) is 0 Å². The van der Waals surface area contributed by atoms with Crippen molar-refractivity contribution in [1.29, 1.82) is 0 Å². The lowest BCUT2D eigenvalue weighted by Crippen LogP contribution is -2.39. The second-order valence-corrected chi connectivity index (χ2v) is 6.31. The Morgan fingerprint density at radius 2 is 1.85 bits per heavy atom. The zero-order valence-corrected chi connectivity index (χ0v) is 14.8. The summed E-state index contributed by atoms with van der Waals surface area (Å²) in [5.74, 6) is 3.13. The Hall–Kier alpha value is -3.15. The molecule has 0 radical (unpaired) electrons. The second-order valence-electron chi connectivity index (χ2n) is 6.31. The van der Waals surface area contributed by atoms with Crippen LogP contribution in [-0.4, -0.2) is 41.3 Å². The number of benzene rings is 1. The minimum Gasteiger partial charge on any atom is -0.486 e. The van der Waals surface area contributed by atoms with Crippen LogP contribution >= 0.6 is 0 Å². The quantitative estimate of drug-likeness (QED) is 0.722. The van der Waals surface area contributed by atoms with Gasteiger partial charge in [-0.1, -0.05) is 12.1 Å². The van der Waals surface area contributed by atoms with Gasteiger partial charge in [0.25, 0.3) is 0 Å². The highest BCUT2D eigenvalue weighted by Gasteiger charge is 2.22. The summed E-state index contributed by atoms with van der Waals surface area (Å²) in [4.78, 5) is 15.4. The first-order valence-corrected chi connectivity index (χ1v) is 8.55. The average molecular weight is 348 g/mol. The lowest BCUT2D eigenvalue weighted by Gasteiger charge is -2.30. The van der Waals surface area contributed by atoms with Gasteiger partial charge in [-0.3, -0.25) is 4.98 Å². The number of anilines is 1. The van der Waals surface area contributed by atoms with Crippen molar-refractivity contribution in [2.45, 2.75) is 13.0 Å². The molecule has 3 aromatic rings. The largest absolute Gasteiger partial charge is 0.486 e. The Balaban J connectivity index is 1.52. The SMILES string of the molecule is Cc1cc(N(C)CC2COc3ccccc3O2)nc(-c2ccncc2)n1. The van der Waals surface area contributed by atoms with Gasteiger partial charge >= 0.3 is 0 Å². The lowest BCUT2D eigenvalue weighted by atomic mass is 10.2. The molecule has 4 rings (SSSR count). The second kappa shape index (κ2) is 7.00. The highest BCUT2D eigenvalue weighted by atomic mass is 16.6. The van der Waals surface area contributed by atoms with Crippen LogP contribution in [0.2, 0.25) is 0 Å². The maximum absolute atomic E-state index is 6.05. The van der Waals surface area contributed by atoms with E-state index in [9.17, 15) is 0 Å². The van der Waals surface area contributed by atoms with Crippen molar-refractivity contribution in [3.05, 3.63) is 60.6 Å². The fourth-order valence-electron chi connectivity index (χ4n) is 2.93. The summed E-state index contributed by atoms with van der Waals surface area (Å²) in [5, 5.41) is 0. The molecule has 1 unspecified atom stereocenters. The molecule has 6 nitrogen and oxygen atoms in total. The molecule has 1 aliphatic heterocycles. The van der Waals surface area contributed by atoms with E-state index in [1.807, 2.05) is 56.4 Å². The molecule has 3 heterocycles. The molecule has 0 aliphatic carbocycles. The van der Waals surface area contributed by atoms with Crippen LogP contribution in [-0.2, 0) is 0 Å². The molecular formula is C20H20N4O2. The number of hydrogen-bond donors (Lipinski definition) is 0. The summed E-state index contributed by atoms with van der Waals surface area (Å²) in [5.41, 5.74) is 1.87. The molecule has 0 bridgehead atoms. The molecule has 132 valence electrons. The predicted molar refractivity (Wildman–Crippen MR) is 99.6 cm³/mol. The van der Waals surface area contributed by atoms with E-state index >= 15 is 0 Å². The van der Waals surface area contributed by atoms with Crippen LogP contribution in [0.4, 0.5) is 5.82 Å². The minimum absolute atomic E-state index is 0.0606. The number of rotatable bonds is 4. The lowest BCUT2D eigenvalue weighted by molar-refractivity contribution is 0.0959. The van der Waals surface area contributed by atoms with Crippen LogP contribution in [0.3, 0.4) is 0 Å². The smallest absolute Gasteiger partial charge is 0.161 e. The molecule has 0 spiro atoms. The van der Waals surface area contributed by atoms with Gasteiger partial charge < -0.3 is 14.4 Å². The van der Waals surface area contributed by atoms with Gasteiger partial charge in [-0.15, -0.1) is 0 Å². The summed E-state index contributed by atoms with van der Waals surface area (Å²) >= 11 is 0. The van der Waals surface area contributed by atoms with E-state index in [0.717, 1.165) is 28.6 Å². The number of nitrogens with zero attached hydrogens (tertiary/aromatic N) is 4. The van der Waals surface area contributed by atoms with Gasteiger partial charge in [-0.2, -0.15) is 0 Å². The number of ether oxygens (including phenoxy) is 2. The van der Waals surface area contributed by atoms with Gasteiger partial charge in [-0.05, 0) is 31.2 Å². The number of hydrogen-bond acceptors (Lipinski definition) is 6. The van der Waals surface area contributed by atoms with E-state index in [4.69, 9.17) is 14.5 Å². The molecular weight excluding hydrogens is 328 g/mol. The van der Waals surface area contributed by atoms with E-state index in [0.29, 0.717) is 19.0 Å². The molecule has 0 saturated carbocycles. The van der Waals surface area contributed by atoms with Crippen molar-refractivity contribution in [1.82, 2.24) is 15.0 Å². The normalized spacial score (nSPS) is 15.5. The van der Waals surface area contributed by atoms with Crippen molar-refractivity contribution in [3.8, 4) is 22.9 Å². The van der Waals surface area contributed by atoms with E-state index < -0.39 is 0 Å². The molecule has 1 aromatic carbocycles. The third kappa shape index (κ3) is 3.44. The van der Waals surface area contributed by atoms with Crippen LogP contribution in [0, 0.1) is 6.92 Å². The third-order valence-corrected chi connectivity index (χ3v) is 4.22. The third-order valence-electron chi connectivity index (χ3n) is 4.22. The Morgan fingerprint density at radius 1 is 1.08 bits per heavy atom. The van der Waals surface area contributed by atoms with E-state index in [2.05, 4.69) is 14.9 Å². The fraction of sp³-hybridized carbons (Fsp3) is 0.250. The van der Waals surface area contributed by atoms with E-state index in [-0.39, 0.29) is 6.10 Å². The maximum atomic E-state index is 6.05. The van der Waals surface area contributed by atoms with E-state index in [1.54, 1.807) is 12.4 Å². The zero-order chi connectivity index (χ0) is 17.9. The molecule has 0 N–H and O–H groups in total. The Morgan fingerprint density at radius 3 is 2.65 bits per heavy atom. The maximum Gasteiger partial charge on any atom is 0.161 e. The van der Waals surface area contributed by atoms with Crippen molar-refractivity contribution in [3.63, 3.8) is 0 Å². The molecule has 1 aliphatic rings. The van der Waals surface area contributed by atoms with Gasteiger partial charge in [0.15, 0.2) is 23.4 Å². The molecule has 0 amide bonds. The number of fused-ring (bicyclic) bond motifs is 1. The van der Waals surface area contributed by atoms with Gasteiger partial charge in [0, 0.05) is 36.8 Å². The van der Waals surface area contributed by atoms with Gasteiger partial charge in [0.2, 0.25) is 0 Å². The highest BCUT2D eigenvalue weighted by molar-refractivity contribution is 5.57. The first-order valence-electron chi connectivity index (χ1n) is 8.55. The number of aryl methyl sites for hydroxylation is 1. The van der Waals surface area contributed by atoms with Gasteiger partial charge in [-0.25, -0.2) is 9.97 Å². The highest BCUT2D eigenvalue weighted by Crippen LogP contribution is 2.31. The molecule has 1 atom stereocenters. The minimum atomic E-state index is -0.0606. The topological polar surface area (TPSA) is 60.4 Å². The summed E-state index contributed by atoms with van der Waals surface area (Å²) in [6.07, 6.45) is 3.43. The van der Waals surface area contributed by atoms with Gasteiger partial charge in [0.05, 0.1) is 6.54 Å². The van der Waals surface area contributed by atoms with Crippen molar-refractivity contribution >= 4 is 5.82 Å². The standard InChI is InChI=1S/C20H20N4O2/c1-14-11-19(23-20(22-14)15-7-9-21-10-8-15)24(2)12-16-13-25-17-5-3-4-6-18(17)26-16/h3-11,16H,12-13H2,1-2H3. The molecule has 6 heteroatoms. The predicted octanol–water partition coefficient (Wildman–Crippen LogP) is 3.12. The molecule has 26 heavy (non-hydrogen) atoms. The van der Waals surface area contributed by atoms with Crippen LogP contribution in [0.5, 0.6) is 11.5 Å². The molecule has 2 aromatic heterocycles. The Kier molecular flexibility index (Phi) is 4.39. The fourth-order valence-corrected chi connectivity index (χ4v) is 2.93. The van der Waals surface area contributed by atoms with Crippen LogP contribution in [0.25, 0.3) is 11.4 Å². The van der Waals surface area contributed by atoms with Crippen molar-refractivity contribution in [2.75, 3.05) is 25.1 Å². The van der Waals surface area contributed by atoms with Gasteiger partial charge in [0.1, 0.15) is 12.4 Å². The first-order chi connectivity index (χ1) is 12.7. The first kappa shape index (κ1) is 16.3. The summed E-state index contributed by atoms with van der Waals surface area (Å²) in [6.45, 7) is 3.16. The number of para-hydroxylation sites is 2. The number of pyridine rings is 1. The zero-order valence-electron chi connectivity index (χ0n) is 14.8. The average Bonchev–Trinajstić information content (AvgIpc) is 2.68. The van der Waals surface area contributed by atoms with E-state index in [1.165, 1.54) is 0 Å². The van der Waals surface area contributed by atoms with Crippen molar-refractivity contribution < 1.29 is 9.47 Å².